The van der Waals surface area contributed by atoms with Crippen molar-refractivity contribution in [2.45, 2.75) is 6.18 Å². The molecule has 0 spiro atoms. The molecule has 2 heterocycles. The van der Waals surface area contributed by atoms with Crippen molar-refractivity contribution in [3.8, 4) is 11.4 Å². The zero-order valence-electron chi connectivity index (χ0n) is 12.3. The summed E-state index contributed by atoms with van der Waals surface area (Å²) in [5.74, 6) is -0.0180. The van der Waals surface area contributed by atoms with Crippen molar-refractivity contribution in [2.75, 3.05) is 6.61 Å². The number of carbonyl (C=O) groups excluding carboxylic acids is 1. The molecule has 10 heteroatoms. The highest BCUT2D eigenvalue weighted by atomic mass is 35.5. The summed E-state index contributed by atoms with van der Waals surface area (Å²) in [7, 11) is 0. The molecule has 3 rings (SSSR count). The highest BCUT2D eigenvalue weighted by Gasteiger charge is 2.28. The molecule has 0 saturated heterocycles. The monoisotopic (exact) mass is 371 g/mol. The third-order valence-corrected chi connectivity index (χ3v) is 3.56. The Morgan fingerprint density at radius 3 is 2.48 bits per heavy atom. The van der Waals surface area contributed by atoms with E-state index in [0.717, 1.165) is 9.13 Å². The van der Waals surface area contributed by atoms with Gasteiger partial charge in [-0.3, -0.25) is 14.2 Å². The number of fused-ring (bicyclic) bond motifs is 1. The number of carbonyl (C=O) groups is 1. The van der Waals surface area contributed by atoms with Crippen LogP contribution >= 0.6 is 11.6 Å². The molecule has 0 unspecified atom stereocenters. The molecular weight excluding hydrogens is 363 g/mol. The molecule has 0 atom stereocenters. The average molecular weight is 372 g/mol. The Kier molecular flexibility index (Phi) is 4.25. The first-order valence-corrected chi connectivity index (χ1v) is 7.22. The maximum absolute atomic E-state index is 12.6. The van der Waals surface area contributed by atoms with E-state index in [2.05, 4.69) is 9.72 Å². The number of halogens is 4. The van der Waals surface area contributed by atoms with Crippen molar-refractivity contribution >= 4 is 29.0 Å². The number of rotatable bonds is 4. The van der Waals surface area contributed by atoms with Crippen molar-refractivity contribution in [1.29, 1.82) is 0 Å². The van der Waals surface area contributed by atoms with Gasteiger partial charge in [0.05, 0.1) is 11.2 Å². The van der Waals surface area contributed by atoms with Gasteiger partial charge in [-0.15, -0.1) is 0 Å². The van der Waals surface area contributed by atoms with Crippen LogP contribution in [0.1, 0.15) is 0 Å². The van der Waals surface area contributed by atoms with Crippen LogP contribution in [0.25, 0.3) is 16.7 Å². The molecule has 0 aliphatic carbocycles. The Labute approximate surface area is 143 Å². The summed E-state index contributed by atoms with van der Waals surface area (Å²) in [6, 6.07) is 6.73. The molecule has 1 aromatic carbocycles. The molecule has 130 valence electrons. The molecule has 0 saturated carbocycles. The van der Waals surface area contributed by atoms with E-state index in [0.29, 0.717) is 6.41 Å². The highest BCUT2D eigenvalue weighted by Crippen LogP contribution is 2.21. The summed E-state index contributed by atoms with van der Waals surface area (Å²) in [4.78, 5) is 27.7. The van der Waals surface area contributed by atoms with Crippen molar-refractivity contribution in [3.05, 3.63) is 52.2 Å². The van der Waals surface area contributed by atoms with Crippen LogP contribution in [-0.4, -0.2) is 33.3 Å². The average Bonchev–Trinajstić information content (AvgIpc) is 2.96. The lowest BCUT2D eigenvalue weighted by molar-refractivity contribution is -0.153. The molecule has 6 nitrogen and oxygen atoms in total. The lowest BCUT2D eigenvalue weighted by atomic mass is 10.3. The molecule has 0 fully saturated rings. The van der Waals surface area contributed by atoms with Crippen LogP contribution in [0.4, 0.5) is 13.2 Å². The molecule has 0 amide bonds. The fraction of sp³-hybridized carbons (Fsp3) is 0.133. The van der Waals surface area contributed by atoms with E-state index in [1.807, 2.05) is 0 Å². The third-order valence-electron chi connectivity index (χ3n) is 3.31. The highest BCUT2D eigenvalue weighted by molar-refractivity contribution is 6.29. The van der Waals surface area contributed by atoms with E-state index < -0.39 is 18.3 Å². The maximum Gasteiger partial charge on any atom is 0.422 e. The van der Waals surface area contributed by atoms with E-state index in [9.17, 15) is 22.8 Å². The summed E-state index contributed by atoms with van der Waals surface area (Å²) in [6.45, 7) is -1.42. The number of ether oxygens (including phenoxy) is 1. The van der Waals surface area contributed by atoms with E-state index >= 15 is 0 Å². The van der Waals surface area contributed by atoms with Crippen LogP contribution in [0, 0.1) is 0 Å². The van der Waals surface area contributed by atoms with E-state index in [-0.39, 0.29) is 27.8 Å². The summed E-state index contributed by atoms with van der Waals surface area (Å²) >= 11 is 6.03. The predicted molar refractivity (Wildman–Crippen MR) is 84.0 cm³/mol. The molecular formula is C15H9ClF3N3O3. The predicted octanol–water partition coefficient (Wildman–Crippen LogP) is 2.82. The Morgan fingerprint density at radius 1 is 1.20 bits per heavy atom. The summed E-state index contributed by atoms with van der Waals surface area (Å²) in [6.07, 6.45) is -2.62. The van der Waals surface area contributed by atoms with Gasteiger partial charge in [-0.2, -0.15) is 13.2 Å². The fourth-order valence-corrected chi connectivity index (χ4v) is 2.52. The number of hydrogen-bond acceptors (Lipinski definition) is 4. The number of nitrogens with zero attached hydrogens (tertiary/aromatic N) is 3. The second-order valence-corrected chi connectivity index (χ2v) is 5.32. The molecule has 0 aliphatic heterocycles. The molecule has 0 aliphatic rings. The van der Waals surface area contributed by atoms with Gasteiger partial charge >= 0.3 is 6.18 Å². The minimum absolute atomic E-state index is 0.0180. The lowest BCUT2D eigenvalue weighted by Crippen LogP contribution is -2.22. The van der Waals surface area contributed by atoms with Crippen LogP contribution in [0.2, 0.25) is 5.28 Å². The fourth-order valence-electron chi connectivity index (χ4n) is 2.25. The van der Waals surface area contributed by atoms with Crippen LogP contribution in [0.3, 0.4) is 0 Å². The first kappa shape index (κ1) is 17.0. The van der Waals surface area contributed by atoms with E-state index in [1.165, 1.54) is 36.5 Å². The van der Waals surface area contributed by atoms with Crippen molar-refractivity contribution in [2.24, 2.45) is 0 Å². The van der Waals surface area contributed by atoms with Crippen molar-refractivity contribution in [1.82, 2.24) is 14.1 Å². The molecule has 3 aromatic rings. The number of alkyl halides is 3. The number of hydrogen-bond donors (Lipinski definition) is 0. The van der Waals surface area contributed by atoms with Gasteiger partial charge in [0.25, 0.3) is 5.56 Å². The van der Waals surface area contributed by atoms with Gasteiger partial charge in [-0.25, -0.2) is 9.55 Å². The quantitative estimate of drug-likeness (QED) is 0.522. The van der Waals surface area contributed by atoms with Gasteiger partial charge in [-0.05, 0) is 41.9 Å². The van der Waals surface area contributed by atoms with Crippen LogP contribution in [-0.2, 0) is 4.79 Å². The van der Waals surface area contributed by atoms with Gasteiger partial charge < -0.3 is 4.74 Å². The third kappa shape index (κ3) is 3.36. The van der Waals surface area contributed by atoms with Crippen molar-refractivity contribution < 1.29 is 22.7 Å². The van der Waals surface area contributed by atoms with Gasteiger partial charge in [-0.1, -0.05) is 0 Å². The molecule has 2 aromatic heterocycles. The summed E-state index contributed by atoms with van der Waals surface area (Å²) in [5.41, 5.74) is -0.0289. The lowest BCUT2D eigenvalue weighted by Gasteiger charge is -2.11. The Balaban J connectivity index is 2.02. The second kappa shape index (κ2) is 6.25. The Hall–Kier alpha value is -2.81. The van der Waals surface area contributed by atoms with E-state index in [1.54, 1.807) is 0 Å². The standard InChI is InChI=1S/C15H9ClF3N3O3/c16-14-20-11-5-6-21(8-23)12(11)13(24)22(14)9-1-3-10(4-2-9)25-7-15(17,18)19/h1-6,8H,7H2. The molecule has 25 heavy (non-hydrogen) atoms. The van der Waals surface area contributed by atoms with Gasteiger partial charge in [0.15, 0.2) is 6.61 Å². The SMILES string of the molecule is O=Cn1ccc2nc(Cl)n(-c3ccc(OCC(F)(F)F)cc3)c(=O)c21. The molecule has 0 N–H and O–H groups in total. The van der Waals surface area contributed by atoms with Crippen LogP contribution in [0.15, 0.2) is 41.3 Å². The number of aromatic nitrogens is 3. The molecule has 0 bridgehead atoms. The first-order valence-electron chi connectivity index (χ1n) is 6.84. The largest absolute Gasteiger partial charge is 0.484 e. The smallest absolute Gasteiger partial charge is 0.422 e. The topological polar surface area (TPSA) is 66.1 Å². The Morgan fingerprint density at radius 2 is 1.88 bits per heavy atom. The molecule has 0 radical (unpaired) electrons. The second-order valence-electron chi connectivity index (χ2n) is 4.98. The van der Waals surface area contributed by atoms with Crippen molar-refractivity contribution in [3.63, 3.8) is 0 Å². The summed E-state index contributed by atoms with van der Waals surface area (Å²) in [5, 5.41) is -0.148. The maximum atomic E-state index is 12.6. The first-order chi connectivity index (χ1) is 11.8. The Bertz CT molecular complexity index is 993. The van der Waals surface area contributed by atoms with Crippen LogP contribution < -0.4 is 10.3 Å². The van der Waals surface area contributed by atoms with E-state index in [4.69, 9.17) is 11.6 Å². The minimum Gasteiger partial charge on any atom is -0.484 e. The zero-order chi connectivity index (χ0) is 18.2. The van der Waals surface area contributed by atoms with Crippen LogP contribution in [0.5, 0.6) is 5.75 Å². The van der Waals surface area contributed by atoms with Gasteiger partial charge in [0.2, 0.25) is 11.7 Å². The minimum atomic E-state index is -4.45. The normalized spacial score (nSPS) is 11.7. The van der Waals surface area contributed by atoms with Gasteiger partial charge in [0.1, 0.15) is 11.3 Å². The number of benzene rings is 1. The van der Waals surface area contributed by atoms with Gasteiger partial charge in [0, 0.05) is 6.20 Å². The summed E-state index contributed by atoms with van der Waals surface area (Å²) < 4.78 is 43.2. The zero-order valence-corrected chi connectivity index (χ0v) is 13.1.